The Labute approximate surface area is 220 Å². The van der Waals surface area contributed by atoms with E-state index in [1.807, 2.05) is 13.8 Å². The van der Waals surface area contributed by atoms with Gasteiger partial charge in [-0.1, -0.05) is 93.6 Å². The van der Waals surface area contributed by atoms with Gasteiger partial charge in [0.1, 0.15) is 0 Å². The summed E-state index contributed by atoms with van der Waals surface area (Å²) >= 11 is 0. The molecule has 5 aromatic rings. The number of hydrogen-bond donors (Lipinski definition) is 0. The van der Waals surface area contributed by atoms with Crippen molar-refractivity contribution in [3.05, 3.63) is 113 Å². The molecule has 0 saturated heterocycles. The second-order valence-electron chi connectivity index (χ2n) is 9.71. The van der Waals surface area contributed by atoms with Gasteiger partial charge < -0.3 is 0 Å². The van der Waals surface area contributed by atoms with Gasteiger partial charge in [0.2, 0.25) is 0 Å². The first-order valence-electron chi connectivity index (χ1n) is 13.3. The van der Waals surface area contributed by atoms with E-state index in [0.717, 1.165) is 40.3 Å². The van der Waals surface area contributed by atoms with Crippen LogP contribution in [0.4, 0.5) is 0 Å². The summed E-state index contributed by atoms with van der Waals surface area (Å²) < 4.78 is 0. The minimum atomic E-state index is 0.550. The maximum absolute atomic E-state index is 5.07. The molecule has 1 atom stereocenters. The molecule has 2 heteroatoms. The molecule has 1 unspecified atom stereocenters. The van der Waals surface area contributed by atoms with Crippen LogP contribution in [0.3, 0.4) is 0 Å². The molecule has 0 bridgehead atoms. The quantitative estimate of drug-likeness (QED) is 0.256. The standard InChI is InChI=1S/C33H28N2.C2H6/c1-21-11-12-29(17-23(21)3)33-34-31(27-14-13-24-8-4-5-9-25(24)18-27)20-32(35-33)28-15-16-30-22(2)7-6-10-26(30)19-28;1-2/h4-6,8-20,22H,7H2,1-3H3;1-2H3. The molecule has 0 amide bonds. The molecular weight excluding hydrogens is 448 g/mol. The highest BCUT2D eigenvalue weighted by Gasteiger charge is 2.16. The Bertz CT molecular complexity index is 1610. The maximum atomic E-state index is 5.07. The second-order valence-corrected chi connectivity index (χ2v) is 9.71. The number of hydrogen-bond acceptors (Lipinski definition) is 2. The van der Waals surface area contributed by atoms with Crippen LogP contribution in [0, 0.1) is 13.8 Å². The lowest BCUT2D eigenvalue weighted by Gasteiger charge is -2.18. The third-order valence-electron chi connectivity index (χ3n) is 7.24. The topological polar surface area (TPSA) is 25.8 Å². The van der Waals surface area contributed by atoms with Crippen LogP contribution >= 0.6 is 0 Å². The van der Waals surface area contributed by atoms with Crippen LogP contribution in [0.25, 0.3) is 50.8 Å². The number of aromatic nitrogens is 2. The first kappa shape index (κ1) is 24.6. The highest BCUT2D eigenvalue weighted by atomic mass is 14.9. The Kier molecular flexibility index (Phi) is 7.01. The largest absolute Gasteiger partial charge is 0.228 e. The smallest absolute Gasteiger partial charge is 0.160 e. The molecule has 1 heterocycles. The highest BCUT2D eigenvalue weighted by Crippen LogP contribution is 2.34. The van der Waals surface area contributed by atoms with Gasteiger partial charge in [-0.3, -0.25) is 0 Å². The molecule has 184 valence electrons. The Hall–Kier alpha value is -4.04. The van der Waals surface area contributed by atoms with Crippen LogP contribution in [-0.4, -0.2) is 9.97 Å². The summed E-state index contributed by atoms with van der Waals surface area (Å²) in [6.45, 7) is 10.6. The highest BCUT2D eigenvalue weighted by molar-refractivity contribution is 5.87. The molecule has 2 nitrogen and oxygen atoms in total. The predicted octanol–water partition coefficient (Wildman–Crippen LogP) is 9.79. The minimum Gasteiger partial charge on any atom is -0.228 e. The van der Waals surface area contributed by atoms with Crippen molar-refractivity contribution >= 4 is 16.8 Å². The van der Waals surface area contributed by atoms with E-state index in [1.165, 1.54) is 33.0 Å². The summed E-state index contributed by atoms with van der Waals surface area (Å²) in [6, 6.07) is 30.4. The number of benzene rings is 4. The average molecular weight is 483 g/mol. The van der Waals surface area contributed by atoms with Crippen molar-refractivity contribution in [2.45, 2.75) is 47.0 Å². The fourth-order valence-electron chi connectivity index (χ4n) is 4.95. The third kappa shape index (κ3) is 4.97. The van der Waals surface area contributed by atoms with Gasteiger partial charge in [-0.05, 0) is 83.5 Å². The normalized spacial score (nSPS) is 14.1. The summed E-state index contributed by atoms with van der Waals surface area (Å²) in [5.74, 6) is 1.31. The molecule has 0 fully saturated rings. The van der Waals surface area contributed by atoms with E-state index >= 15 is 0 Å². The SMILES string of the molecule is CC.Cc1ccc(-c2nc(-c3ccc4c(c3)C=CCC4C)cc(-c3ccc4ccccc4c3)n2)cc1C. The van der Waals surface area contributed by atoms with Crippen LogP contribution in [-0.2, 0) is 0 Å². The van der Waals surface area contributed by atoms with Crippen molar-refractivity contribution in [3.8, 4) is 33.9 Å². The van der Waals surface area contributed by atoms with Gasteiger partial charge in [0.25, 0.3) is 0 Å². The molecule has 37 heavy (non-hydrogen) atoms. The first-order valence-corrected chi connectivity index (χ1v) is 13.3. The molecule has 0 spiro atoms. The number of aryl methyl sites for hydroxylation is 2. The lowest BCUT2D eigenvalue weighted by Crippen LogP contribution is -2.01. The summed E-state index contributed by atoms with van der Waals surface area (Å²) in [5, 5.41) is 2.45. The number of fused-ring (bicyclic) bond motifs is 2. The van der Waals surface area contributed by atoms with Gasteiger partial charge in [-0.25, -0.2) is 9.97 Å². The maximum Gasteiger partial charge on any atom is 0.160 e. The molecule has 0 radical (unpaired) electrons. The van der Waals surface area contributed by atoms with E-state index in [0.29, 0.717) is 5.92 Å². The lowest BCUT2D eigenvalue weighted by molar-refractivity contribution is 0.772. The zero-order chi connectivity index (χ0) is 25.9. The molecule has 1 aliphatic rings. The van der Waals surface area contributed by atoms with Crippen molar-refractivity contribution in [2.24, 2.45) is 0 Å². The lowest BCUT2D eigenvalue weighted by atomic mass is 9.87. The van der Waals surface area contributed by atoms with Gasteiger partial charge in [0.15, 0.2) is 5.82 Å². The third-order valence-corrected chi connectivity index (χ3v) is 7.24. The molecule has 1 aliphatic carbocycles. The molecule has 4 aromatic carbocycles. The van der Waals surface area contributed by atoms with Gasteiger partial charge in [0, 0.05) is 16.7 Å². The van der Waals surface area contributed by atoms with Gasteiger partial charge in [0.05, 0.1) is 11.4 Å². The minimum absolute atomic E-state index is 0.550. The predicted molar refractivity (Wildman–Crippen MR) is 159 cm³/mol. The van der Waals surface area contributed by atoms with E-state index < -0.39 is 0 Å². The van der Waals surface area contributed by atoms with E-state index in [9.17, 15) is 0 Å². The Morgan fingerprint density at radius 1 is 0.649 bits per heavy atom. The summed E-state index contributed by atoms with van der Waals surface area (Å²) in [6.07, 6.45) is 5.62. The van der Waals surface area contributed by atoms with E-state index in [4.69, 9.17) is 9.97 Å². The molecule has 6 rings (SSSR count). The van der Waals surface area contributed by atoms with E-state index in [-0.39, 0.29) is 0 Å². The summed E-state index contributed by atoms with van der Waals surface area (Å²) in [7, 11) is 0. The van der Waals surface area contributed by atoms with Crippen molar-refractivity contribution in [1.82, 2.24) is 9.97 Å². The van der Waals surface area contributed by atoms with Crippen LogP contribution in [0.2, 0.25) is 0 Å². The monoisotopic (exact) mass is 482 g/mol. The van der Waals surface area contributed by atoms with Crippen LogP contribution < -0.4 is 0 Å². The molecule has 1 aromatic heterocycles. The molecule has 0 aliphatic heterocycles. The van der Waals surface area contributed by atoms with Crippen molar-refractivity contribution in [2.75, 3.05) is 0 Å². The Balaban J connectivity index is 0.00000137. The fourth-order valence-corrected chi connectivity index (χ4v) is 4.95. The van der Waals surface area contributed by atoms with Crippen LogP contribution in [0.1, 0.15) is 55.4 Å². The first-order chi connectivity index (χ1) is 18.0. The van der Waals surface area contributed by atoms with Crippen molar-refractivity contribution in [1.29, 1.82) is 0 Å². The van der Waals surface area contributed by atoms with Crippen LogP contribution in [0.5, 0.6) is 0 Å². The number of nitrogens with zero attached hydrogens (tertiary/aromatic N) is 2. The van der Waals surface area contributed by atoms with Crippen molar-refractivity contribution < 1.29 is 0 Å². The second kappa shape index (κ2) is 10.5. The Morgan fingerprint density at radius 2 is 1.32 bits per heavy atom. The van der Waals surface area contributed by atoms with Gasteiger partial charge in [-0.15, -0.1) is 0 Å². The molecular formula is C35H34N2. The number of rotatable bonds is 3. The fraction of sp³-hybridized carbons (Fsp3) is 0.200. The Morgan fingerprint density at radius 3 is 2.08 bits per heavy atom. The van der Waals surface area contributed by atoms with Crippen molar-refractivity contribution in [3.63, 3.8) is 0 Å². The summed E-state index contributed by atoms with van der Waals surface area (Å²) in [4.78, 5) is 10.1. The molecule has 0 saturated carbocycles. The zero-order valence-electron chi connectivity index (χ0n) is 22.4. The van der Waals surface area contributed by atoms with Gasteiger partial charge in [-0.2, -0.15) is 0 Å². The average Bonchev–Trinajstić information content (AvgIpc) is 2.95. The van der Waals surface area contributed by atoms with E-state index in [2.05, 4.69) is 118 Å². The van der Waals surface area contributed by atoms with Gasteiger partial charge >= 0.3 is 0 Å². The number of allylic oxidation sites excluding steroid dienone is 1. The van der Waals surface area contributed by atoms with E-state index in [1.54, 1.807) is 0 Å². The zero-order valence-corrected chi connectivity index (χ0v) is 22.4. The molecule has 0 N–H and O–H groups in total. The van der Waals surface area contributed by atoms with Crippen LogP contribution in [0.15, 0.2) is 91.0 Å². The summed E-state index contributed by atoms with van der Waals surface area (Å²) in [5.41, 5.74) is 10.4.